The minimum atomic E-state index is -0.173. The van der Waals surface area contributed by atoms with Crippen molar-refractivity contribution in [2.75, 3.05) is 26.9 Å². The molecule has 102 valence electrons. The zero-order valence-corrected chi connectivity index (χ0v) is 11.2. The molecule has 0 saturated carbocycles. The van der Waals surface area contributed by atoms with E-state index >= 15 is 0 Å². The molecule has 1 unspecified atom stereocenters. The number of hydrogen-bond donors (Lipinski definition) is 2. The van der Waals surface area contributed by atoms with Crippen LogP contribution in [0.15, 0.2) is 4.99 Å². The second-order valence-electron chi connectivity index (χ2n) is 3.34. The Morgan fingerprint density at radius 1 is 1.59 bits per heavy atom. The van der Waals surface area contributed by atoms with Crippen LogP contribution >= 0.6 is 0 Å². The summed E-state index contributed by atoms with van der Waals surface area (Å²) >= 11 is 0. The molecule has 0 aromatic rings. The molecule has 0 aliphatic heterocycles. The predicted octanol–water partition coefficient (Wildman–Crippen LogP) is 0.203. The Balaban J connectivity index is 0. The van der Waals surface area contributed by atoms with Crippen LogP contribution in [-0.4, -0.2) is 55.3 Å². The molecule has 0 aromatic carbocycles. The third kappa shape index (κ3) is 13.0. The Bertz CT molecular complexity index is 210. The SMILES string of the molecule is CC.CC(CO)OCN(C)CCC(N)=NC=O. The second kappa shape index (κ2) is 13.1. The lowest BCUT2D eigenvalue weighted by molar-refractivity contribution is -0.106. The molecule has 0 fully saturated rings. The average molecular weight is 247 g/mol. The first-order chi connectivity index (χ1) is 8.10. The molecule has 0 heterocycles. The van der Waals surface area contributed by atoms with Gasteiger partial charge in [-0.3, -0.25) is 9.69 Å². The van der Waals surface area contributed by atoms with Gasteiger partial charge in [-0.15, -0.1) is 0 Å². The fourth-order valence-electron chi connectivity index (χ4n) is 0.809. The van der Waals surface area contributed by atoms with E-state index in [9.17, 15) is 4.79 Å². The largest absolute Gasteiger partial charge is 0.394 e. The zero-order valence-electron chi connectivity index (χ0n) is 11.2. The summed E-state index contributed by atoms with van der Waals surface area (Å²) < 4.78 is 5.27. The molecular formula is C11H25N3O3. The monoisotopic (exact) mass is 247 g/mol. The highest BCUT2D eigenvalue weighted by Gasteiger charge is 2.03. The highest BCUT2D eigenvalue weighted by atomic mass is 16.5. The summed E-state index contributed by atoms with van der Waals surface area (Å²) in [4.78, 5) is 15.3. The molecule has 0 aliphatic rings. The van der Waals surface area contributed by atoms with E-state index in [1.807, 2.05) is 25.8 Å². The van der Waals surface area contributed by atoms with Crippen LogP contribution in [0.4, 0.5) is 0 Å². The topological polar surface area (TPSA) is 88.2 Å². The summed E-state index contributed by atoms with van der Waals surface area (Å²) in [7, 11) is 1.86. The van der Waals surface area contributed by atoms with E-state index in [1.165, 1.54) is 0 Å². The molecule has 6 nitrogen and oxygen atoms in total. The van der Waals surface area contributed by atoms with Gasteiger partial charge in [0.15, 0.2) is 0 Å². The van der Waals surface area contributed by atoms with Crippen molar-refractivity contribution in [3.8, 4) is 0 Å². The molecule has 0 bridgehead atoms. The van der Waals surface area contributed by atoms with Crippen molar-refractivity contribution in [2.45, 2.75) is 33.3 Å². The van der Waals surface area contributed by atoms with Gasteiger partial charge in [-0.2, -0.15) is 0 Å². The van der Waals surface area contributed by atoms with Gasteiger partial charge in [-0.05, 0) is 14.0 Å². The fraction of sp³-hybridized carbons (Fsp3) is 0.818. The number of amidine groups is 1. The van der Waals surface area contributed by atoms with E-state index in [4.69, 9.17) is 15.6 Å². The lowest BCUT2D eigenvalue weighted by Crippen LogP contribution is -2.29. The highest BCUT2D eigenvalue weighted by molar-refractivity contribution is 5.86. The lowest BCUT2D eigenvalue weighted by atomic mass is 10.4. The van der Waals surface area contributed by atoms with E-state index in [0.29, 0.717) is 31.9 Å². The number of nitrogens with two attached hydrogens (primary N) is 1. The van der Waals surface area contributed by atoms with Gasteiger partial charge >= 0.3 is 0 Å². The molecule has 3 N–H and O–H groups in total. The van der Waals surface area contributed by atoms with Crippen molar-refractivity contribution in [1.82, 2.24) is 4.90 Å². The van der Waals surface area contributed by atoms with Crippen LogP contribution in [0.5, 0.6) is 0 Å². The molecule has 1 atom stereocenters. The molecule has 0 spiro atoms. The third-order valence-corrected chi connectivity index (χ3v) is 1.80. The number of rotatable bonds is 8. The summed E-state index contributed by atoms with van der Waals surface area (Å²) in [6.07, 6.45) is 0.777. The van der Waals surface area contributed by atoms with E-state index < -0.39 is 0 Å². The van der Waals surface area contributed by atoms with Gasteiger partial charge in [-0.1, -0.05) is 13.8 Å². The molecule has 0 aliphatic carbocycles. The van der Waals surface area contributed by atoms with Crippen LogP contribution in [-0.2, 0) is 9.53 Å². The van der Waals surface area contributed by atoms with E-state index in [0.717, 1.165) is 0 Å². The van der Waals surface area contributed by atoms with Crippen molar-refractivity contribution in [3.05, 3.63) is 0 Å². The van der Waals surface area contributed by atoms with Gasteiger partial charge in [0.05, 0.1) is 19.4 Å². The molecule has 0 saturated heterocycles. The van der Waals surface area contributed by atoms with E-state index in [2.05, 4.69) is 4.99 Å². The van der Waals surface area contributed by atoms with Crippen molar-refractivity contribution in [3.63, 3.8) is 0 Å². The minimum absolute atomic E-state index is 0.00256. The Morgan fingerprint density at radius 2 is 2.18 bits per heavy atom. The standard InChI is InChI=1S/C9H19N3O3.C2H6/c1-8(5-13)15-7-12(2)4-3-9(10)11-6-14;1-2/h6,8,13H,3-5,7H2,1-2H3,(H2,10,11,14);1-2H3. The minimum Gasteiger partial charge on any atom is -0.394 e. The summed E-state index contributed by atoms with van der Waals surface area (Å²) in [5.41, 5.74) is 5.43. The van der Waals surface area contributed by atoms with Gasteiger partial charge in [-0.25, -0.2) is 4.99 Å². The Morgan fingerprint density at radius 3 is 2.65 bits per heavy atom. The smallest absolute Gasteiger partial charge is 0.234 e. The summed E-state index contributed by atoms with van der Waals surface area (Å²) in [6.45, 7) is 6.86. The number of carbonyl (C=O) groups excluding carboxylic acids is 1. The maximum atomic E-state index is 9.98. The third-order valence-electron chi connectivity index (χ3n) is 1.80. The van der Waals surface area contributed by atoms with Crippen LogP contribution in [0.3, 0.4) is 0 Å². The van der Waals surface area contributed by atoms with Crippen molar-refractivity contribution in [1.29, 1.82) is 0 Å². The Hall–Kier alpha value is -0.980. The van der Waals surface area contributed by atoms with E-state index in [1.54, 1.807) is 6.92 Å². The fourth-order valence-corrected chi connectivity index (χ4v) is 0.809. The Labute approximate surface area is 103 Å². The number of ether oxygens (including phenoxy) is 1. The predicted molar refractivity (Wildman–Crippen MR) is 68.8 cm³/mol. The maximum Gasteiger partial charge on any atom is 0.234 e. The first kappa shape index (κ1) is 18.4. The number of aliphatic hydroxyl groups is 1. The molecule has 1 amide bonds. The number of aliphatic hydroxyl groups excluding tert-OH is 1. The van der Waals surface area contributed by atoms with Gasteiger partial charge in [0.1, 0.15) is 5.84 Å². The number of aliphatic imine (C=N–C) groups is 1. The summed E-state index contributed by atoms with van der Waals surface area (Å²) in [5.74, 6) is 0.312. The molecule has 0 radical (unpaired) electrons. The van der Waals surface area contributed by atoms with Gasteiger partial charge in [0.2, 0.25) is 6.41 Å². The van der Waals surface area contributed by atoms with Gasteiger partial charge in [0.25, 0.3) is 0 Å². The quantitative estimate of drug-likeness (QED) is 0.277. The van der Waals surface area contributed by atoms with Gasteiger partial charge in [0, 0.05) is 13.0 Å². The van der Waals surface area contributed by atoms with Gasteiger partial charge < -0.3 is 15.6 Å². The highest BCUT2D eigenvalue weighted by Crippen LogP contribution is 1.93. The number of carbonyl (C=O) groups is 1. The molecule has 0 rings (SSSR count). The molecular weight excluding hydrogens is 222 g/mol. The lowest BCUT2D eigenvalue weighted by Gasteiger charge is -2.18. The zero-order chi connectivity index (χ0) is 13.7. The number of amides is 1. The van der Waals surface area contributed by atoms with Crippen molar-refractivity contribution >= 4 is 12.2 Å². The average Bonchev–Trinajstić information content (AvgIpc) is 2.36. The summed E-state index contributed by atoms with van der Waals surface area (Å²) in [5, 5.41) is 8.71. The Kier molecular flexibility index (Phi) is 14.2. The number of hydrogen-bond acceptors (Lipinski definition) is 4. The first-order valence-electron chi connectivity index (χ1n) is 5.77. The molecule has 6 heteroatoms. The molecule has 17 heavy (non-hydrogen) atoms. The van der Waals surface area contributed by atoms with Crippen LogP contribution < -0.4 is 5.73 Å². The number of nitrogens with zero attached hydrogens (tertiary/aromatic N) is 2. The van der Waals surface area contributed by atoms with Crippen LogP contribution in [0.2, 0.25) is 0 Å². The normalized spacial score (nSPS) is 12.9. The van der Waals surface area contributed by atoms with Crippen LogP contribution in [0.1, 0.15) is 27.2 Å². The first-order valence-corrected chi connectivity index (χ1v) is 5.77. The van der Waals surface area contributed by atoms with E-state index in [-0.39, 0.29) is 12.7 Å². The summed E-state index contributed by atoms with van der Waals surface area (Å²) in [6, 6.07) is 0. The van der Waals surface area contributed by atoms with Crippen molar-refractivity contribution in [2.24, 2.45) is 10.7 Å². The van der Waals surface area contributed by atoms with Crippen LogP contribution in [0, 0.1) is 0 Å². The van der Waals surface area contributed by atoms with Crippen LogP contribution in [0.25, 0.3) is 0 Å². The maximum absolute atomic E-state index is 9.98. The molecule has 0 aromatic heterocycles. The van der Waals surface area contributed by atoms with Crippen molar-refractivity contribution < 1.29 is 14.6 Å². The second-order valence-corrected chi connectivity index (χ2v) is 3.34.